The second-order valence-electron chi connectivity index (χ2n) is 5.79. The van der Waals surface area contributed by atoms with E-state index in [9.17, 15) is 4.79 Å². The Morgan fingerprint density at radius 1 is 1.08 bits per heavy atom. The molecule has 122 valence electrons. The van der Waals surface area contributed by atoms with Gasteiger partial charge in [-0.2, -0.15) is 0 Å². The lowest BCUT2D eigenvalue weighted by Gasteiger charge is -2.09. The number of benzene rings is 1. The number of hydrogen-bond donors (Lipinski definition) is 1. The highest BCUT2D eigenvalue weighted by Gasteiger charge is 2.13. The Kier molecular flexibility index (Phi) is 3.74. The molecule has 25 heavy (non-hydrogen) atoms. The van der Waals surface area contributed by atoms with Crippen molar-refractivity contribution >= 4 is 17.2 Å². The summed E-state index contributed by atoms with van der Waals surface area (Å²) in [5, 5.41) is 2.96. The minimum atomic E-state index is -0.194. The molecule has 1 amide bonds. The molecule has 0 saturated heterocycles. The van der Waals surface area contributed by atoms with Gasteiger partial charge in [0.05, 0.1) is 16.9 Å². The zero-order chi connectivity index (χ0) is 17.2. The minimum Gasteiger partial charge on any atom is -0.321 e. The van der Waals surface area contributed by atoms with Crippen LogP contribution in [0.15, 0.2) is 73.3 Å². The summed E-state index contributed by atoms with van der Waals surface area (Å²) in [5.74, 6) is -0.194. The maximum Gasteiger partial charge on any atom is 0.257 e. The molecule has 0 radical (unpaired) electrons. The number of aromatic nitrogens is 3. The summed E-state index contributed by atoms with van der Waals surface area (Å²) in [7, 11) is 0. The standard InChI is InChI=1S/C20H16N4O/c1-14-6-5-11-24-13-18(22-19(14)24)16-8-2-3-9-17(16)23-20(25)15-7-4-10-21-12-15/h2-13H,1H3,(H,23,25). The highest BCUT2D eigenvalue weighted by molar-refractivity contribution is 6.06. The third-order valence-corrected chi connectivity index (χ3v) is 4.05. The van der Waals surface area contributed by atoms with Gasteiger partial charge in [0.25, 0.3) is 5.91 Å². The summed E-state index contributed by atoms with van der Waals surface area (Å²) in [5.41, 5.74) is 4.94. The molecule has 0 aliphatic heterocycles. The molecule has 0 saturated carbocycles. The first-order chi connectivity index (χ1) is 12.2. The summed E-state index contributed by atoms with van der Waals surface area (Å²) in [6, 6.07) is 15.2. The molecular formula is C20H16N4O. The van der Waals surface area contributed by atoms with Crippen molar-refractivity contribution in [2.75, 3.05) is 5.32 Å². The van der Waals surface area contributed by atoms with Gasteiger partial charge in [0.2, 0.25) is 0 Å². The van der Waals surface area contributed by atoms with E-state index in [2.05, 4.69) is 10.3 Å². The number of imidazole rings is 1. The predicted octanol–water partition coefficient (Wildman–Crippen LogP) is 3.96. The minimum absolute atomic E-state index is 0.194. The second-order valence-corrected chi connectivity index (χ2v) is 5.79. The van der Waals surface area contributed by atoms with E-state index >= 15 is 0 Å². The zero-order valence-corrected chi connectivity index (χ0v) is 13.7. The molecule has 3 aromatic heterocycles. The molecule has 0 bridgehead atoms. The van der Waals surface area contributed by atoms with E-state index in [4.69, 9.17) is 4.98 Å². The lowest BCUT2D eigenvalue weighted by molar-refractivity contribution is 0.102. The van der Waals surface area contributed by atoms with Crippen LogP contribution >= 0.6 is 0 Å². The van der Waals surface area contributed by atoms with Crippen molar-refractivity contribution in [3.05, 3.63) is 84.4 Å². The highest BCUT2D eigenvalue weighted by atomic mass is 16.1. The average Bonchev–Trinajstić information content (AvgIpc) is 3.08. The third kappa shape index (κ3) is 2.87. The topological polar surface area (TPSA) is 59.3 Å². The van der Waals surface area contributed by atoms with Crippen LogP contribution in [0.5, 0.6) is 0 Å². The van der Waals surface area contributed by atoms with Gasteiger partial charge in [-0.25, -0.2) is 4.98 Å². The average molecular weight is 328 g/mol. The molecule has 0 aliphatic carbocycles. The number of hydrogen-bond acceptors (Lipinski definition) is 3. The molecule has 0 aliphatic rings. The van der Waals surface area contributed by atoms with Gasteiger partial charge in [0.1, 0.15) is 5.65 Å². The van der Waals surface area contributed by atoms with Crippen molar-refractivity contribution in [1.82, 2.24) is 14.4 Å². The molecule has 0 unspecified atom stereocenters. The first-order valence-corrected chi connectivity index (χ1v) is 7.97. The number of nitrogens with zero attached hydrogens (tertiary/aromatic N) is 3. The zero-order valence-electron chi connectivity index (χ0n) is 13.7. The second kappa shape index (κ2) is 6.20. The SMILES string of the molecule is Cc1cccn2cc(-c3ccccc3NC(=O)c3cccnc3)nc12. The van der Waals surface area contributed by atoms with Gasteiger partial charge in [0.15, 0.2) is 0 Å². The summed E-state index contributed by atoms with van der Waals surface area (Å²) < 4.78 is 1.99. The van der Waals surface area contributed by atoms with Crippen LogP contribution in [-0.2, 0) is 0 Å². The fourth-order valence-electron chi connectivity index (χ4n) is 2.79. The molecule has 0 fully saturated rings. The van der Waals surface area contributed by atoms with Gasteiger partial charge in [-0.1, -0.05) is 24.3 Å². The lowest BCUT2D eigenvalue weighted by Crippen LogP contribution is -2.12. The van der Waals surface area contributed by atoms with Crippen molar-refractivity contribution in [3.63, 3.8) is 0 Å². The largest absolute Gasteiger partial charge is 0.321 e. The quantitative estimate of drug-likeness (QED) is 0.619. The van der Waals surface area contributed by atoms with Crippen molar-refractivity contribution in [2.45, 2.75) is 6.92 Å². The number of carbonyl (C=O) groups excluding carboxylic acids is 1. The first kappa shape index (κ1) is 15.1. The Morgan fingerprint density at radius 3 is 2.76 bits per heavy atom. The Labute approximate surface area is 145 Å². The van der Waals surface area contributed by atoms with Crippen LogP contribution in [0.3, 0.4) is 0 Å². The molecule has 1 N–H and O–H groups in total. The van der Waals surface area contributed by atoms with Gasteiger partial charge in [-0.05, 0) is 36.8 Å². The van der Waals surface area contributed by atoms with Crippen LogP contribution in [0.1, 0.15) is 15.9 Å². The summed E-state index contributed by atoms with van der Waals surface area (Å²) in [6.45, 7) is 2.03. The normalized spacial score (nSPS) is 10.8. The monoisotopic (exact) mass is 328 g/mol. The Bertz CT molecular complexity index is 1050. The van der Waals surface area contributed by atoms with E-state index in [0.29, 0.717) is 5.56 Å². The van der Waals surface area contributed by atoms with Gasteiger partial charge in [0, 0.05) is 30.4 Å². The van der Waals surface area contributed by atoms with Crippen LogP contribution in [0.25, 0.3) is 16.9 Å². The number of pyridine rings is 2. The van der Waals surface area contributed by atoms with Gasteiger partial charge in [-0.3, -0.25) is 9.78 Å². The Morgan fingerprint density at radius 2 is 1.96 bits per heavy atom. The van der Waals surface area contributed by atoms with Crippen LogP contribution in [-0.4, -0.2) is 20.3 Å². The van der Waals surface area contributed by atoms with Gasteiger partial charge < -0.3 is 9.72 Å². The first-order valence-electron chi connectivity index (χ1n) is 7.97. The van der Waals surface area contributed by atoms with Gasteiger partial charge >= 0.3 is 0 Å². The lowest BCUT2D eigenvalue weighted by atomic mass is 10.1. The molecule has 5 heteroatoms. The number of amides is 1. The molecular weight excluding hydrogens is 312 g/mol. The van der Waals surface area contributed by atoms with Crippen LogP contribution in [0.2, 0.25) is 0 Å². The number of nitrogens with one attached hydrogen (secondary N) is 1. The highest BCUT2D eigenvalue weighted by Crippen LogP contribution is 2.28. The number of carbonyl (C=O) groups is 1. The number of fused-ring (bicyclic) bond motifs is 1. The molecule has 0 spiro atoms. The molecule has 0 atom stereocenters. The molecule has 5 nitrogen and oxygen atoms in total. The van der Waals surface area contributed by atoms with Crippen molar-refractivity contribution in [1.29, 1.82) is 0 Å². The van der Waals surface area contributed by atoms with E-state index in [0.717, 1.165) is 28.2 Å². The summed E-state index contributed by atoms with van der Waals surface area (Å²) in [6.07, 6.45) is 7.13. The maximum atomic E-state index is 12.4. The number of para-hydroxylation sites is 1. The van der Waals surface area contributed by atoms with Crippen LogP contribution in [0, 0.1) is 6.92 Å². The fourth-order valence-corrected chi connectivity index (χ4v) is 2.79. The van der Waals surface area contributed by atoms with Crippen molar-refractivity contribution in [3.8, 4) is 11.3 Å². The third-order valence-electron chi connectivity index (χ3n) is 4.05. The van der Waals surface area contributed by atoms with E-state index in [1.807, 2.05) is 60.1 Å². The molecule has 3 heterocycles. The summed E-state index contributed by atoms with van der Waals surface area (Å²) in [4.78, 5) is 21.2. The maximum absolute atomic E-state index is 12.4. The Hall–Kier alpha value is -3.47. The van der Waals surface area contributed by atoms with Crippen LogP contribution in [0.4, 0.5) is 5.69 Å². The molecule has 1 aromatic carbocycles. The van der Waals surface area contributed by atoms with Crippen molar-refractivity contribution < 1.29 is 4.79 Å². The summed E-state index contributed by atoms with van der Waals surface area (Å²) >= 11 is 0. The Balaban J connectivity index is 1.73. The van der Waals surface area contributed by atoms with Crippen molar-refractivity contribution in [2.24, 2.45) is 0 Å². The van der Waals surface area contributed by atoms with E-state index in [1.54, 1.807) is 24.5 Å². The number of anilines is 1. The van der Waals surface area contributed by atoms with E-state index in [-0.39, 0.29) is 5.91 Å². The predicted molar refractivity (Wildman–Crippen MR) is 97.6 cm³/mol. The van der Waals surface area contributed by atoms with E-state index < -0.39 is 0 Å². The van der Waals surface area contributed by atoms with Gasteiger partial charge in [-0.15, -0.1) is 0 Å². The smallest absolute Gasteiger partial charge is 0.257 e. The molecule has 4 rings (SSSR count). The fraction of sp³-hybridized carbons (Fsp3) is 0.0500. The number of aryl methyl sites for hydroxylation is 1. The van der Waals surface area contributed by atoms with Crippen LogP contribution < -0.4 is 5.32 Å². The molecule has 4 aromatic rings. The number of rotatable bonds is 3. The van der Waals surface area contributed by atoms with E-state index in [1.165, 1.54) is 0 Å².